The number of fused-ring (bicyclic) bond motifs is 1. The van der Waals surface area contributed by atoms with E-state index in [-0.39, 0.29) is 17.4 Å². The van der Waals surface area contributed by atoms with E-state index in [0.717, 1.165) is 12.1 Å². The molecule has 3 rings (SSSR count). The highest BCUT2D eigenvalue weighted by Crippen LogP contribution is 2.17. The van der Waals surface area contributed by atoms with Crippen molar-refractivity contribution < 1.29 is 8.78 Å². The molecule has 3 aromatic rings. The van der Waals surface area contributed by atoms with Crippen LogP contribution in [0, 0.1) is 11.6 Å². The van der Waals surface area contributed by atoms with Gasteiger partial charge < -0.3 is 4.57 Å². The van der Waals surface area contributed by atoms with Crippen LogP contribution in [0.2, 0.25) is 0 Å². The van der Waals surface area contributed by atoms with E-state index in [2.05, 4.69) is 20.6 Å². The minimum Gasteiger partial charge on any atom is -0.337 e. The smallest absolute Gasteiger partial charge is 0.194 e. The van der Waals surface area contributed by atoms with Crippen LogP contribution in [0.15, 0.2) is 29.2 Å². The Morgan fingerprint density at radius 1 is 1.32 bits per heavy atom. The lowest BCUT2D eigenvalue weighted by Gasteiger charge is -2.09. The summed E-state index contributed by atoms with van der Waals surface area (Å²) in [5, 5.41) is 13.1. The van der Waals surface area contributed by atoms with E-state index in [9.17, 15) is 13.6 Å². The molecule has 2 heterocycles. The van der Waals surface area contributed by atoms with Gasteiger partial charge in [0.15, 0.2) is 17.1 Å². The van der Waals surface area contributed by atoms with Crippen molar-refractivity contribution >= 4 is 10.9 Å². The maximum Gasteiger partial charge on any atom is 0.194 e. The Morgan fingerprint density at radius 2 is 2.16 bits per heavy atom. The molecule has 0 aliphatic heterocycles. The van der Waals surface area contributed by atoms with E-state index in [4.69, 9.17) is 0 Å². The number of nitrogens with zero attached hydrogens (tertiary/aromatic N) is 4. The fourth-order valence-corrected chi connectivity index (χ4v) is 1.90. The summed E-state index contributed by atoms with van der Waals surface area (Å²) in [7, 11) is 0. The quantitative estimate of drug-likeness (QED) is 0.743. The number of hydrogen-bond donors (Lipinski definition) is 1. The fraction of sp³-hybridized carbons (Fsp3) is 0.0909. The number of rotatable bonds is 2. The predicted molar refractivity (Wildman–Crippen MR) is 61.4 cm³/mol. The highest BCUT2D eigenvalue weighted by molar-refractivity contribution is 5.79. The summed E-state index contributed by atoms with van der Waals surface area (Å²) in [6.07, 6.45) is 1.40. The molecule has 96 valence electrons. The topological polar surface area (TPSA) is 76.5 Å². The van der Waals surface area contributed by atoms with Crippen LogP contribution < -0.4 is 5.43 Å². The van der Waals surface area contributed by atoms with E-state index >= 15 is 0 Å². The lowest BCUT2D eigenvalue weighted by molar-refractivity contribution is 0.584. The molecular weight excluding hydrogens is 256 g/mol. The van der Waals surface area contributed by atoms with Crippen LogP contribution in [0.3, 0.4) is 0 Å². The number of nitrogens with one attached hydrogen (secondary N) is 1. The number of aromatic nitrogens is 5. The van der Waals surface area contributed by atoms with Gasteiger partial charge in [-0.25, -0.2) is 8.78 Å². The second-order valence-corrected chi connectivity index (χ2v) is 3.92. The van der Waals surface area contributed by atoms with Crippen LogP contribution in [0.25, 0.3) is 10.9 Å². The maximum absolute atomic E-state index is 13.9. The molecule has 1 N–H and O–H groups in total. The average molecular weight is 263 g/mol. The van der Waals surface area contributed by atoms with Gasteiger partial charge >= 0.3 is 0 Å². The highest BCUT2D eigenvalue weighted by Gasteiger charge is 2.11. The van der Waals surface area contributed by atoms with Gasteiger partial charge in [-0.3, -0.25) is 4.79 Å². The molecule has 0 saturated heterocycles. The van der Waals surface area contributed by atoms with Gasteiger partial charge in [-0.1, -0.05) is 5.21 Å². The third-order valence-corrected chi connectivity index (χ3v) is 2.69. The van der Waals surface area contributed by atoms with Gasteiger partial charge in [-0.15, -0.1) is 10.2 Å². The lowest BCUT2D eigenvalue weighted by Crippen LogP contribution is -2.11. The number of aromatic amines is 1. The molecule has 0 aliphatic carbocycles. The van der Waals surface area contributed by atoms with Crippen molar-refractivity contribution in [3.63, 3.8) is 0 Å². The molecule has 2 aromatic heterocycles. The summed E-state index contributed by atoms with van der Waals surface area (Å²) in [5.41, 5.74) is -0.434. The molecule has 8 heteroatoms. The van der Waals surface area contributed by atoms with Gasteiger partial charge in [0.1, 0.15) is 5.82 Å². The van der Waals surface area contributed by atoms with E-state index in [1.54, 1.807) is 0 Å². The van der Waals surface area contributed by atoms with Crippen molar-refractivity contribution in [2.45, 2.75) is 6.54 Å². The Hall–Kier alpha value is -2.64. The van der Waals surface area contributed by atoms with Gasteiger partial charge in [-0.05, 0) is 6.07 Å². The summed E-state index contributed by atoms with van der Waals surface area (Å²) >= 11 is 0. The van der Waals surface area contributed by atoms with E-state index in [1.165, 1.54) is 16.8 Å². The van der Waals surface area contributed by atoms with Crippen LogP contribution in [-0.4, -0.2) is 25.2 Å². The zero-order valence-electron chi connectivity index (χ0n) is 9.47. The number of tetrazole rings is 1. The molecule has 0 radical (unpaired) electrons. The molecule has 0 fully saturated rings. The van der Waals surface area contributed by atoms with Gasteiger partial charge in [0, 0.05) is 18.3 Å². The van der Waals surface area contributed by atoms with Crippen molar-refractivity contribution in [1.82, 2.24) is 25.2 Å². The van der Waals surface area contributed by atoms with Crippen LogP contribution in [0.4, 0.5) is 8.78 Å². The Balaban J connectivity index is 2.26. The summed E-state index contributed by atoms with van der Waals surface area (Å²) < 4.78 is 28.4. The normalized spacial score (nSPS) is 11.1. The van der Waals surface area contributed by atoms with E-state index < -0.39 is 17.1 Å². The van der Waals surface area contributed by atoms with Gasteiger partial charge in [0.05, 0.1) is 17.4 Å². The number of benzene rings is 1. The zero-order chi connectivity index (χ0) is 13.4. The number of H-pyrrole nitrogens is 1. The predicted octanol–water partition coefficient (Wildman–Crippen LogP) is 0.841. The Kier molecular flexibility index (Phi) is 2.55. The molecule has 0 spiro atoms. The third kappa shape index (κ3) is 1.96. The summed E-state index contributed by atoms with van der Waals surface area (Å²) in [6.45, 7) is 0.121. The molecule has 0 amide bonds. The van der Waals surface area contributed by atoms with Gasteiger partial charge in [-0.2, -0.15) is 5.21 Å². The van der Waals surface area contributed by atoms with Crippen LogP contribution in [-0.2, 0) is 6.54 Å². The molecule has 6 nitrogen and oxygen atoms in total. The van der Waals surface area contributed by atoms with Crippen molar-refractivity contribution in [3.05, 3.63) is 52.1 Å². The molecule has 0 unspecified atom stereocenters. The minimum atomic E-state index is -0.809. The Morgan fingerprint density at radius 3 is 2.89 bits per heavy atom. The lowest BCUT2D eigenvalue weighted by atomic mass is 10.2. The van der Waals surface area contributed by atoms with Crippen LogP contribution >= 0.6 is 0 Å². The third-order valence-electron chi connectivity index (χ3n) is 2.69. The Bertz CT molecular complexity index is 797. The first-order chi connectivity index (χ1) is 9.15. The maximum atomic E-state index is 13.9. The second kappa shape index (κ2) is 4.23. The molecule has 0 saturated carbocycles. The van der Waals surface area contributed by atoms with E-state index in [1.807, 2.05) is 0 Å². The highest BCUT2D eigenvalue weighted by atomic mass is 19.1. The molecule has 0 atom stereocenters. The minimum absolute atomic E-state index is 0.0127. The van der Waals surface area contributed by atoms with Crippen molar-refractivity contribution in [3.8, 4) is 0 Å². The number of pyridine rings is 1. The van der Waals surface area contributed by atoms with Crippen LogP contribution in [0.5, 0.6) is 0 Å². The van der Waals surface area contributed by atoms with Gasteiger partial charge in [0.25, 0.3) is 0 Å². The van der Waals surface area contributed by atoms with Crippen molar-refractivity contribution in [1.29, 1.82) is 0 Å². The first-order valence-corrected chi connectivity index (χ1v) is 5.35. The standard InChI is InChI=1S/C11H7F2N5O/c12-6-3-7-9(19)1-2-18(11(7)8(13)4-6)5-10-14-16-17-15-10/h1-4H,5H2,(H,14,15,16,17). The van der Waals surface area contributed by atoms with Gasteiger partial charge in [0.2, 0.25) is 0 Å². The Labute approximate surface area is 104 Å². The second-order valence-electron chi connectivity index (χ2n) is 3.92. The first kappa shape index (κ1) is 11.5. The summed E-state index contributed by atoms with van der Waals surface area (Å²) in [5.74, 6) is -1.27. The van der Waals surface area contributed by atoms with Crippen molar-refractivity contribution in [2.24, 2.45) is 0 Å². The SMILES string of the molecule is O=c1ccn(Cc2nn[nH]n2)c2c(F)cc(F)cc12. The number of hydrogen-bond acceptors (Lipinski definition) is 4. The molecular formula is C11H7F2N5O. The summed E-state index contributed by atoms with van der Waals surface area (Å²) in [4.78, 5) is 11.6. The monoisotopic (exact) mass is 263 g/mol. The van der Waals surface area contributed by atoms with Crippen LogP contribution in [0.1, 0.15) is 5.82 Å². The number of halogens is 2. The molecule has 1 aromatic carbocycles. The first-order valence-electron chi connectivity index (χ1n) is 5.35. The molecule has 19 heavy (non-hydrogen) atoms. The zero-order valence-corrected chi connectivity index (χ0v) is 9.47. The summed E-state index contributed by atoms with van der Waals surface area (Å²) in [6, 6.07) is 2.98. The molecule has 0 aliphatic rings. The largest absolute Gasteiger partial charge is 0.337 e. The van der Waals surface area contributed by atoms with E-state index in [0.29, 0.717) is 5.82 Å². The van der Waals surface area contributed by atoms with Crippen molar-refractivity contribution in [2.75, 3.05) is 0 Å². The average Bonchev–Trinajstić information content (AvgIpc) is 2.85. The fourth-order valence-electron chi connectivity index (χ4n) is 1.90. The molecule has 0 bridgehead atoms.